The van der Waals surface area contributed by atoms with Gasteiger partial charge in [0.2, 0.25) is 11.8 Å². The number of nitrogens with one attached hydrogen (secondary N) is 3. The third-order valence-corrected chi connectivity index (χ3v) is 6.34. The summed E-state index contributed by atoms with van der Waals surface area (Å²) in [6, 6.07) is 11.8. The van der Waals surface area contributed by atoms with Crippen molar-refractivity contribution >= 4 is 56.0 Å². The monoisotopic (exact) mass is 527 g/mol. The molecule has 2 atom stereocenters. The third kappa shape index (κ3) is 4.82. The molecule has 0 spiro atoms. The van der Waals surface area contributed by atoms with Gasteiger partial charge in [0.05, 0.1) is 28.6 Å². The average Bonchev–Trinajstić information content (AvgIpc) is 3.22. The topological polar surface area (TPSA) is 85.8 Å². The number of benzene rings is 2. The lowest BCUT2D eigenvalue weighted by Gasteiger charge is -2.32. The number of amides is 2. The smallest absolute Gasteiger partial charge is 0.325 e. The van der Waals surface area contributed by atoms with E-state index in [9.17, 15) is 22.8 Å². The van der Waals surface area contributed by atoms with Gasteiger partial charge in [-0.1, -0.05) is 39.8 Å². The van der Waals surface area contributed by atoms with Crippen LogP contribution in [-0.2, 0) is 15.8 Å². The van der Waals surface area contributed by atoms with Crippen LogP contribution in [-0.4, -0.2) is 35.4 Å². The second-order valence-corrected chi connectivity index (χ2v) is 8.88. The molecule has 4 rings (SSSR count). The second-order valence-electron chi connectivity index (χ2n) is 7.02. The highest BCUT2D eigenvalue weighted by molar-refractivity contribution is 9.10. The van der Waals surface area contributed by atoms with E-state index in [0.717, 1.165) is 22.3 Å². The van der Waals surface area contributed by atoms with Crippen molar-refractivity contribution < 1.29 is 22.8 Å². The van der Waals surface area contributed by atoms with E-state index in [1.54, 1.807) is 24.3 Å². The van der Waals surface area contributed by atoms with Gasteiger partial charge in [-0.3, -0.25) is 19.9 Å². The summed E-state index contributed by atoms with van der Waals surface area (Å²) in [6.07, 6.45) is -5.07. The van der Waals surface area contributed by atoms with E-state index < -0.39 is 29.7 Å². The van der Waals surface area contributed by atoms with Crippen molar-refractivity contribution in [2.24, 2.45) is 10.9 Å². The number of fused-ring (bicyclic) bond motifs is 1. The van der Waals surface area contributed by atoms with Gasteiger partial charge in [0.1, 0.15) is 6.17 Å². The van der Waals surface area contributed by atoms with E-state index in [1.165, 1.54) is 23.1 Å². The zero-order valence-corrected chi connectivity index (χ0v) is 18.7. The van der Waals surface area contributed by atoms with Crippen molar-refractivity contribution in [3.63, 3.8) is 0 Å². The molecule has 3 N–H and O–H groups in total. The molecule has 0 aromatic heterocycles. The van der Waals surface area contributed by atoms with E-state index in [0.29, 0.717) is 12.2 Å². The Bertz CT molecular complexity index is 1060. The predicted octanol–water partition coefficient (Wildman–Crippen LogP) is 3.59. The first kappa shape index (κ1) is 22.8. The summed E-state index contributed by atoms with van der Waals surface area (Å²) in [5.74, 6) is -1.46. The molecule has 2 aromatic carbocycles. The molecule has 168 valence electrons. The lowest BCUT2D eigenvalue weighted by Crippen LogP contribution is -2.49. The normalized spacial score (nSPS) is 20.7. The highest BCUT2D eigenvalue weighted by atomic mass is 79.9. The minimum Gasteiger partial charge on any atom is -0.325 e. The summed E-state index contributed by atoms with van der Waals surface area (Å²) in [5.41, 5.74) is 5.16. The zero-order chi connectivity index (χ0) is 22.9. The summed E-state index contributed by atoms with van der Waals surface area (Å²) in [7, 11) is 0. The van der Waals surface area contributed by atoms with Crippen molar-refractivity contribution in [2.75, 3.05) is 22.5 Å². The van der Waals surface area contributed by atoms with Crippen molar-refractivity contribution in [3.05, 3.63) is 58.6 Å². The lowest BCUT2D eigenvalue weighted by molar-refractivity contribution is -0.137. The Morgan fingerprint density at radius 3 is 2.66 bits per heavy atom. The first-order valence-electron chi connectivity index (χ1n) is 9.48. The van der Waals surface area contributed by atoms with Gasteiger partial charge < -0.3 is 5.32 Å². The summed E-state index contributed by atoms with van der Waals surface area (Å²) in [6.45, 7) is 0.409. The van der Waals surface area contributed by atoms with Gasteiger partial charge in [-0.15, -0.1) is 0 Å². The maximum absolute atomic E-state index is 13.2. The lowest BCUT2D eigenvalue weighted by atomic mass is 10.0. The predicted molar refractivity (Wildman–Crippen MR) is 120 cm³/mol. The van der Waals surface area contributed by atoms with Crippen LogP contribution in [0.15, 0.2) is 58.0 Å². The number of hydrogen-bond donors (Lipinski definition) is 3. The Morgan fingerprint density at radius 2 is 1.94 bits per heavy atom. The van der Waals surface area contributed by atoms with E-state index >= 15 is 0 Å². The van der Waals surface area contributed by atoms with E-state index in [-0.39, 0.29) is 22.5 Å². The van der Waals surface area contributed by atoms with Gasteiger partial charge in [0, 0.05) is 11.0 Å². The first-order valence-corrected chi connectivity index (χ1v) is 11.3. The maximum Gasteiger partial charge on any atom is 0.418 e. The van der Waals surface area contributed by atoms with E-state index in [4.69, 9.17) is 0 Å². The Kier molecular flexibility index (Phi) is 6.56. The quantitative estimate of drug-likeness (QED) is 0.565. The molecule has 2 aromatic rings. The van der Waals surface area contributed by atoms with Gasteiger partial charge in [0.15, 0.2) is 5.17 Å². The SMILES string of the molecule is O=C(CSC1=NC2NNCC2C(=O)N1c1ccc(Br)cc1)Nc1ccccc1C(F)(F)F. The van der Waals surface area contributed by atoms with E-state index in [1.807, 2.05) is 0 Å². The van der Waals surface area contributed by atoms with Crippen LogP contribution in [0.3, 0.4) is 0 Å². The van der Waals surface area contributed by atoms with E-state index in [2.05, 4.69) is 37.1 Å². The maximum atomic E-state index is 13.2. The summed E-state index contributed by atoms with van der Waals surface area (Å²) in [5, 5.41) is 2.59. The summed E-state index contributed by atoms with van der Waals surface area (Å²) >= 11 is 4.33. The van der Waals surface area contributed by atoms with Crippen molar-refractivity contribution in [3.8, 4) is 0 Å². The molecular weight excluding hydrogens is 511 g/mol. The number of aliphatic imine (C=N–C) groups is 1. The molecular formula is C20H17BrF3N5O2S. The molecule has 2 aliphatic heterocycles. The molecule has 7 nitrogen and oxygen atoms in total. The molecule has 0 radical (unpaired) electrons. The number of carbonyl (C=O) groups is 2. The molecule has 1 saturated heterocycles. The van der Waals surface area contributed by atoms with Gasteiger partial charge in [0.25, 0.3) is 0 Å². The Hall–Kier alpha value is -2.41. The number of anilines is 2. The van der Waals surface area contributed by atoms with Crippen LogP contribution in [0, 0.1) is 5.92 Å². The number of carbonyl (C=O) groups excluding carboxylic acids is 2. The summed E-state index contributed by atoms with van der Waals surface area (Å²) < 4.78 is 40.4. The number of nitrogens with zero attached hydrogens (tertiary/aromatic N) is 2. The molecule has 0 saturated carbocycles. The number of thioether (sulfide) groups is 1. The number of alkyl halides is 3. The zero-order valence-electron chi connectivity index (χ0n) is 16.3. The van der Waals surface area contributed by atoms with Crippen LogP contribution in [0.25, 0.3) is 0 Å². The number of hydrogen-bond acceptors (Lipinski definition) is 6. The average molecular weight is 528 g/mol. The van der Waals surface area contributed by atoms with Crippen LogP contribution in [0.4, 0.5) is 24.5 Å². The molecule has 2 aliphatic rings. The second kappa shape index (κ2) is 9.22. The Balaban J connectivity index is 1.52. The molecule has 2 unspecified atom stereocenters. The number of hydrazine groups is 1. The number of halogens is 4. The van der Waals surface area contributed by atoms with Crippen LogP contribution >= 0.6 is 27.7 Å². The Morgan fingerprint density at radius 1 is 1.22 bits per heavy atom. The van der Waals surface area contributed by atoms with Crippen LogP contribution in [0.5, 0.6) is 0 Å². The van der Waals surface area contributed by atoms with Gasteiger partial charge >= 0.3 is 6.18 Å². The van der Waals surface area contributed by atoms with Crippen molar-refractivity contribution in [1.29, 1.82) is 0 Å². The molecule has 2 amide bonds. The summed E-state index contributed by atoms with van der Waals surface area (Å²) in [4.78, 5) is 31.5. The highest BCUT2D eigenvalue weighted by Crippen LogP contribution is 2.35. The Labute approximate surface area is 193 Å². The minimum absolute atomic E-state index is 0.185. The molecule has 12 heteroatoms. The van der Waals surface area contributed by atoms with Crippen LogP contribution in [0.2, 0.25) is 0 Å². The number of amidine groups is 1. The number of para-hydroxylation sites is 1. The first-order chi connectivity index (χ1) is 15.2. The highest BCUT2D eigenvalue weighted by Gasteiger charge is 2.42. The van der Waals surface area contributed by atoms with Gasteiger partial charge in [-0.25, -0.2) is 10.4 Å². The fourth-order valence-corrected chi connectivity index (χ4v) is 4.46. The fourth-order valence-electron chi connectivity index (χ4n) is 3.35. The molecule has 1 fully saturated rings. The molecule has 2 heterocycles. The molecule has 0 bridgehead atoms. The fraction of sp³-hybridized carbons (Fsp3) is 0.250. The minimum atomic E-state index is -4.59. The molecule has 32 heavy (non-hydrogen) atoms. The van der Waals surface area contributed by atoms with Gasteiger partial charge in [-0.2, -0.15) is 13.2 Å². The van der Waals surface area contributed by atoms with Crippen molar-refractivity contribution in [1.82, 2.24) is 10.9 Å². The van der Waals surface area contributed by atoms with Crippen molar-refractivity contribution in [2.45, 2.75) is 12.3 Å². The third-order valence-electron chi connectivity index (χ3n) is 4.86. The van der Waals surface area contributed by atoms with Crippen LogP contribution in [0.1, 0.15) is 5.56 Å². The largest absolute Gasteiger partial charge is 0.418 e. The van der Waals surface area contributed by atoms with Crippen LogP contribution < -0.4 is 21.1 Å². The van der Waals surface area contributed by atoms with Gasteiger partial charge in [-0.05, 0) is 36.4 Å². The molecule has 0 aliphatic carbocycles. The standard InChI is InChI=1S/C20H17BrF3N5O2S/c21-11-5-7-12(8-6-11)29-18(31)13-9-25-28-17(13)27-19(29)32-10-16(30)26-15-4-2-1-3-14(15)20(22,23)24/h1-8,13,17,25,28H,9-10H2,(H,26,30). The number of rotatable bonds is 4.